The Labute approximate surface area is 119 Å². The number of aryl methyl sites for hydroxylation is 1. The number of rotatable bonds is 6. The van der Waals surface area contributed by atoms with Gasteiger partial charge in [0.25, 0.3) is 0 Å². The van der Waals surface area contributed by atoms with Crippen molar-refractivity contribution >= 4 is 11.9 Å². The molecule has 0 aliphatic rings. The summed E-state index contributed by atoms with van der Waals surface area (Å²) in [6, 6.07) is 1.64. The second-order valence-electron chi connectivity index (χ2n) is 4.88. The van der Waals surface area contributed by atoms with Gasteiger partial charge in [-0.1, -0.05) is 13.8 Å². The Bertz CT molecular complexity index is 474. The third-order valence-corrected chi connectivity index (χ3v) is 3.48. The minimum atomic E-state index is -0.425. The maximum Gasteiger partial charge on any atom is 0.341 e. The van der Waals surface area contributed by atoms with Crippen molar-refractivity contribution in [3.63, 3.8) is 0 Å². The number of carbonyl (C=O) groups excluding carboxylic acids is 2. The summed E-state index contributed by atoms with van der Waals surface area (Å²) in [6.07, 6.45) is 1.65. The number of furan rings is 1. The first kappa shape index (κ1) is 16.3. The van der Waals surface area contributed by atoms with E-state index in [1.807, 2.05) is 13.8 Å². The molecule has 1 aromatic heterocycles. The van der Waals surface area contributed by atoms with Crippen molar-refractivity contribution in [3.8, 4) is 0 Å². The molecule has 1 amide bonds. The molecule has 0 aliphatic carbocycles. The van der Waals surface area contributed by atoms with Gasteiger partial charge in [0.05, 0.1) is 13.7 Å². The molecule has 1 rings (SSSR count). The van der Waals surface area contributed by atoms with Crippen molar-refractivity contribution in [1.29, 1.82) is 0 Å². The van der Waals surface area contributed by atoms with Gasteiger partial charge in [0, 0.05) is 13.0 Å². The van der Waals surface area contributed by atoms with Gasteiger partial charge < -0.3 is 14.1 Å². The number of hydrogen-bond donors (Lipinski definition) is 0. The zero-order valence-corrected chi connectivity index (χ0v) is 12.9. The van der Waals surface area contributed by atoms with E-state index in [1.165, 1.54) is 7.11 Å². The predicted molar refractivity (Wildman–Crippen MR) is 75.3 cm³/mol. The van der Waals surface area contributed by atoms with Crippen LogP contribution in [-0.2, 0) is 16.1 Å². The number of esters is 1. The molecule has 5 nitrogen and oxygen atoms in total. The highest BCUT2D eigenvalue weighted by Crippen LogP contribution is 2.18. The van der Waals surface area contributed by atoms with Gasteiger partial charge in [0.2, 0.25) is 5.91 Å². The summed E-state index contributed by atoms with van der Waals surface area (Å²) in [6.45, 7) is 6.07. The van der Waals surface area contributed by atoms with Crippen LogP contribution in [0.25, 0.3) is 0 Å². The molecule has 0 radical (unpaired) electrons. The summed E-state index contributed by atoms with van der Waals surface area (Å²) < 4.78 is 10.2. The molecule has 0 N–H and O–H groups in total. The van der Waals surface area contributed by atoms with Crippen LogP contribution < -0.4 is 0 Å². The monoisotopic (exact) mass is 281 g/mol. The molecule has 0 aliphatic heterocycles. The maximum absolute atomic E-state index is 12.2. The number of hydrogen-bond acceptors (Lipinski definition) is 4. The van der Waals surface area contributed by atoms with E-state index in [1.54, 1.807) is 24.9 Å². The van der Waals surface area contributed by atoms with E-state index in [-0.39, 0.29) is 11.8 Å². The van der Waals surface area contributed by atoms with E-state index >= 15 is 0 Å². The first-order chi connectivity index (χ1) is 9.44. The van der Waals surface area contributed by atoms with Gasteiger partial charge in [-0.25, -0.2) is 4.79 Å². The molecule has 0 saturated carbocycles. The van der Waals surface area contributed by atoms with Gasteiger partial charge in [0.1, 0.15) is 17.1 Å². The SMILES string of the molecule is CCC(CC)C(=O)N(C)Cc1cc(C(=O)OC)c(C)o1. The zero-order valence-electron chi connectivity index (χ0n) is 12.9. The zero-order chi connectivity index (χ0) is 15.3. The summed E-state index contributed by atoms with van der Waals surface area (Å²) in [7, 11) is 3.08. The third-order valence-electron chi connectivity index (χ3n) is 3.48. The van der Waals surface area contributed by atoms with E-state index in [0.29, 0.717) is 23.6 Å². The summed E-state index contributed by atoms with van der Waals surface area (Å²) in [4.78, 5) is 25.3. The highest BCUT2D eigenvalue weighted by atomic mass is 16.5. The van der Waals surface area contributed by atoms with Crippen LogP contribution in [0.5, 0.6) is 0 Å². The largest absolute Gasteiger partial charge is 0.465 e. The standard InChI is InChI=1S/C15H23NO4/c1-6-11(7-2)14(17)16(4)9-12-8-13(10(3)20-12)15(18)19-5/h8,11H,6-7,9H2,1-5H3. The molecule has 0 spiro atoms. The molecule has 1 aromatic rings. The van der Waals surface area contributed by atoms with Crippen LogP contribution in [0, 0.1) is 12.8 Å². The molecule has 0 atom stereocenters. The van der Waals surface area contributed by atoms with E-state index < -0.39 is 5.97 Å². The first-order valence-electron chi connectivity index (χ1n) is 6.87. The number of carbonyl (C=O) groups is 2. The number of nitrogens with zero attached hydrogens (tertiary/aromatic N) is 1. The van der Waals surface area contributed by atoms with Crippen LogP contribution in [0.4, 0.5) is 0 Å². The Hall–Kier alpha value is -1.78. The second kappa shape index (κ2) is 7.12. The molecule has 0 saturated heterocycles. The predicted octanol–water partition coefficient (Wildman–Crippen LogP) is 2.77. The molecular weight excluding hydrogens is 258 g/mol. The van der Waals surface area contributed by atoms with Gasteiger partial charge >= 0.3 is 5.97 Å². The topological polar surface area (TPSA) is 59.8 Å². The second-order valence-corrected chi connectivity index (χ2v) is 4.88. The van der Waals surface area contributed by atoms with E-state index in [4.69, 9.17) is 4.42 Å². The van der Waals surface area contributed by atoms with E-state index in [2.05, 4.69) is 4.74 Å². The van der Waals surface area contributed by atoms with Crippen molar-refractivity contribution in [3.05, 3.63) is 23.2 Å². The van der Waals surface area contributed by atoms with Crippen molar-refractivity contribution < 1.29 is 18.7 Å². The quantitative estimate of drug-likeness (QED) is 0.752. The molecule has 0 fully saturated rings. The number of ether oxygens (including phenoxy) is 1. The fourth-order valence-electron chi connectivity index (χ4n) is 2.20. The minimum absolute atomic E-state index is 0.0381. The molecule has 20 heavy (non-hydrogen) atoms. The first-order valence-corrected chi connectivity index (χ1v) is 6.87. The van der Waals surface area contributed by atoms with Gasteiger partial charge in [-0.2, -0.15) is 0 Å². The lowest BCUT2D eigenvalue weighted by Gasteiger charge is -2.21. The van der Waals surface area contributed by atoms with Crippen molar-refractivity contribution in [2.75, 3.05) is 14.2 Å². The molecule has 5 heteroatoms. The maximum atomic E-state index is 12.2. The summed E-state index contributed by atoms with van der Waals surface area (Å²) >= 11 is 0. The van der Waals surface area contributed by atoms with Crippen molar-refractivity contribution in [1.82, 2.24) is 4.90 Å². The average Bonchev–Trinajstić information content (AvgIpc) is 2.79. The Morgan fingerprint density at radius 3 is 2.45 bits per heavy atom. The molecule has 0 aromatic carbocycles. The Balaban J connectivity index is 2.78. The number of amides is 1. The summed E-state index contributed by atoms with van der Waals surface area (Å²) in [5, 5.41) is 0. The fraction of sp³-hybridized carbons (Fsp3) is 0.600. The molecular formula is C15H23NO4. The number of methoxy groups -OCH3 is 1. The summed E-state index contributed by atoms with van der Waals surface area (Å²) in [5.74, 6) is 0.811. The summed E-state index contributed by atoms with van der Waals surface area (Å²) in [5.41, 5.74) is 0.408. The normalized spacial score (nSPS) is 10.7. The smallest absolute Gasteiger partial charge is 0.341 e. The van der Waals surface area contributed by atoms with Crippen LogP contribution in [0.15, 0.2) is 10.5 Å². The Kier molecular flexibility index (Phi) is 5.80. The lowest BCUT2D eigenvalue weighted by molar-refractivity contribution is -0.135. The van der Waals surface area contributed by atoms with Crippen LogP contribution in [0.3, 0.4) is 0 Å². The van der Waals surface area contributed by atoms with E-state index in [9.17, 15) is 9.59 Å². The lowest BCUT2D eigenvalue weighted by Crippen LogP contribution is -2.31. The molecule has 0 unspecified atom stereocenters. The highest BCUT2D eigenvalue weighted by Gasteiger charge is 2.21. The third kappa shape index (κ3) is 3.62. The Morgan fingerprint density at radius 2 is 1.95 bits per heavy atom. The molecule has 0 bridgehead atoms. The van der Waals surface area contributed by atoms with Crippen LogP contribution in [0.2, 0.25) is 0 Å². The van der Waals surface area contributed by atoms with Crippen molar-refractivity contribution in [2.45, 2.75) is 40.2 Å². The van der Waals surface area contributed by atoms with Crippen LogP contribution in [-0.4, -0.2) is 30.9 Å². The van der Waals surface area contributed by atoms with Gasteiger partial charge in [0.15, 0.2) is 0 Å². The highest BCUT2D eigenvalue weighted by molar-refractivity contribution is 5.90. The van der Waals surface area contributed by atoms with E-state index in [0.717, 1.165) is 12.8 Å². The Morgan fingerprint density at radius 1 is 1.35 bits per heavy atom. The fourth-order valence-corrected chi connectivity index (χ4v) is 2.20. The van der Waals surface area contributed by atoms with Crippen LogP contribution in [0.1, 0.15) is 48.6 Å². The average molecular weight is 281 g/mol. The molecule has 112 valence electrons. The van der Waals surface area contributed by atoms with Gasteiger partial charge in [-0.15, -0.1) is 0 Å². The van der Waals surface area contributed by atoms with Crippen molar-refractivity contribution in [2.24, 2.45) is 5.92 Å². The molecule has 1 heterocycles. The van der Waals surface area contributed by atoms with Crippen LogP contribution >= 0.6 is 0 Å². The van der Waals surface area contributed by atoms with Gasteiger partial charge in [-0.05, 0) is 25.8 Å². The lowest BCUT2D eigenvalue weighted by atomic mass is 10.0. The van der Waals surface area contributed by atoms with Gasteiger partial charge in [-0.3, -0.25) is 4.79 Å². The minimum Gasteiger partial charge on any atom is -0.465 e.